The number of halogens is 1. The molecule has 0 N–H and O–H groups in total. The van der Waals surface area contributed by atoms with E-state index >= 15 is 0 Å². The van der Waals surface area contributed by atoms with Crippen LogP contribution in [0.4, 0.5) is 0 Å². The molecule has 9 heteroatoms. The molecule has 0 spiro atoms. The summed E-state index contributed by atoms with van der Waals surface area (Å²) in [6.45, 7) is 1.09. The first kappa shape index (κ1) is 22.4. The number of hydrogen-bond donors (Lipinski definition) is 0. The Bertz CT molecular complexity index is 971. The highest BCUT2D eigenvalue weighted by atomic mass is 35.5. The van der Waals surface area contributed by atoms with E-state index in [-0.39, 0.29) is 28.7 Å². The summed E-state index contributed by atoms with van der Waals surface area (Å²) < 4.78 is 42.9. The van der Waals surface area contributed by atoms with Crippen molar-refractivity contribution in [1.29, 1.82) is 0 Å². The van der Waals surface area contributed by atoms with Crippen LogP contribution in [-0.4, -0.2) is 52.1 Å². The number of sulfonamides is 1. The summed E-state index contributed by atoms with van der Waals surface area (Å²) in [5, 5.41) is 0.133. The second-order valence-corrected chi connectivity index (χ2v) is 9.11. The van der Waals surface area contributed by atoms with E-state index in [1.807, 2.05) is 0 Å². The highest BCUT2D eigenvalue weighted by Gasteiger charge is 2.27. The number of ether oxygens (including phenoxy) is 3. The highest BCUT2D eigenvalue weighted by Crippen LogP contribution is 2.25. The number of benzene rings is 2. The van der Waals surface area contributed by atoms with Gasteiger partial charge in [-0.2, -0.15) is 4.31 Å². The molecule has 0 aliphatic carbocycles. The molecule has 162 valence electrons. The quantitative estimate of drug-likeness (QED) is 0.447. The van der Waals surface area contributed by atoms with E-state index in [0.29, 0.717) is 24.6 Å². The smallest absolute Gasteiger partial charge is 0.339 e. The lowest BCUT2D eigenvalue weighted by Crippen LogP contribution is -2.35. The maximum absolute atomic E-state index is 12.8. The van der Waals surface area contributed by atoms with Crippen LogP contribution in [0.2, 0.25) is 5.02 Å². The van der Waals surface area contributed by atoms with Crippen LogP contribution in [0.3, 0.4) is 0 Å². The molecule has 2 aromatic rings. The Labute approximate surface area is 181 Å². The average Bonchev–Trinajstić information content (AvgIpc) is 2.77. The first-order valence-corrected chi connectivity index (χ1v) is 11.5. The molecule has 1 fully saturated rings. The zero-order valence-electron chi connectivity index (χ0n) is 16.7. The van der Waals surface area contributed by atoms with Gasteiger partial charge in [-0.15, -0.1) is 0 Å². The molecule has 7 nitrogen and oxygen atoms in total. The molecule has 0 saturated carbocycles. The van der Waals surface area contributed by atoms with Crippen molar-refractivity contribution in [2.75, 3.05) is 33.4 Å². The number of nitrogens with zero attached hydrogens (tertiary/aromatic N) is 1. The van der Waals surface area contributed by atoms with Crippen molar-refractivity contribution in [3.05, 3.63) is 53.1 Å². The molecule has 0 radical (unpaired) electrons. The molecule has 1 aliphatic rings. The van der Waals surface area contributed by atoms with Crippen molar-refractivity contribution < 1.29 is 27.4 Å². The number of piperidine rings is 1. The van der Waals surface area contributed by atoms with Crippen LogP contribution in [0.15, 0.2) is 47.4 Å². The summed E-state index contributed by atoms with van der Waals surface area (Å²) in [5.41, 5.74) is 0.0131. The average molecular weight is 454 g/mol. The minimum atomic E-state index is -3.67. The molecule has 0 aromatic heterocycles. The van der Waals surface area contributed by atoms with E-state index < -0.39 is 16.0 Å². The second kappa shape index (κ2) is 10.1. The largest absolute Gasteiger partial charge is 0.497 e. The van der Waals surface area contributed by atoms with Gasteiger partial charge in [-0.05, 0) is 55.3 Å². The SMILES string of the molecule is COc1ccc(OCCOC(=O)c2cc(S(=O)(=O)N3CCCCC3)ccc2Cl)cc1. The summed E-state index contributed by atoms with van der Waals surface area (Å²) in [4.78, 5) is 12.5. The van der Waals surface area contributed by atoms with Gasteiger partial charge in [0, 0.05) is 13.1 Å². The van der Waals surface area contributed by atoms with Gasteiger partial charge in [0.2, 0.25) is 10.0 Å². The molecule has 0 amide bonds. The fourth-order valence-electron chi connectivity index (χ4n) is 3.12. The first-order valence-electron chi connectivity index (χ1n) is 9.65. The molecular formula is C21H24ClNO6S. The summed E-state index contributed by atoms with van der Waals surface area (Å²) >= 11 is 6.11. The monoisotopic (exact) mass is 453 g/mol. The van der Waals surface area contributed by atoms with Gasteiger partial charge < -0.3 is 14.2 Å². The number of carbonyl (C=O) groups excluding carboxylic acids is 1. The lowest BCUT2D eigenvalue weighted by molar-refractivity contribution is 0.0450. The molecule has 0 bridgehead atoms. The standard InChI is InChI=1S/C21H24ClNO6S/c1-27-16-5-7-17(8-6-16)28-13-14-29-21(24)19-15-18(9-10-20(19)22)30(25,26)23-11-3-2-4-12-23/h5-10,15H,2-4,11-14H2,1H3. The van der Waals surface area contributed by atoms with Gasteiger partial charge in [-0.3, -0.25) is 0 Å². The van der Waals surface area contributed by atoms with Gasteiger partial charge in [0.05, 0.1) is 22.6 Å². The van der Waals surface area contributed by atoms with E-state index in [4.69, 9.17) is 25.8 Å². The second-order valence-electron chi connectivity index (χ2n) is 6.77. The van der Waals surface area contributed by atoms with Crippen molar-refractivity contribution in [2.45, 2.75) is 24.2 Å². The molecule has 1 aliphatic heterocycles. The third-order valence-corrected chi connectivity index (χ3v) is 6.98. The Morgan fingerprint density at radius 2 is 1.67 bits per heavy atom. The van der Waals surface area contributed by atoms with Gasteiger partial charge >= 0.3 is 5.97 Å². The molecule has 3 rings (SSSR count). The normalized spacial score (nSPS) is 14.9. The van der Waals surface area contributed by atoms with Gasteiger partial charge in [0.25, 0.3) is 0 Å². The Morgan fingerprint density at radius 1 is 1.00 bits per heavy atom. The van der Waals surface area contributed by atoms with E-state index in [1.54, 1.807) is 31.4 Å². The maximum Gasteiger partial charge on any atom is 0.339 e. The summed E-state index contributed by atoms with van der Waals surface area (Å²) in [6.07, 6.45) is 2.68. The molecule has 0 atom stereocenters. The molecule has 1 saturated heterocycles. The van der Waals surface area contributed by atoms with Gasteiger partial charge in [-0.1, -0.05) is 18.0 Å². The van der Waals surface area contributed by atoms with Crippen LogP contribution >= 0.6 is 11.6 Å². The van der Waals surface area contributed by atoms with Crippen molar-refractivity contribution >= 4 is 27.6 Å². The maximum atomic E-state index is 12.8. The minimum Gasteiger partial charge on any atom is -0.497 e. The minimum absolute atomic E-state index is 0.00963. The number of hydrogen-bond acceptors (Lipinski definition) is 6. The van der Waals surface area contributed by atoms with Crippen molar-refractivity contribution in [3.63, 3.8) is 0 Å². The van der Waals surface area contributed by atoms with Crippen LogP contribution in [0.1, 0.15) is 29.6 Å². The fraction of sp³-hybridized carbons (Fsp3) is 0.381. The zero-order chi connectivity index (χ0) is 21.6. The fourth-order valence-corrected chi connectivity index (χ4v) is 4.86. The number of rotatable bonds is 8. The van der Waals surface area contributed by atoms with Crippen molar-refractivity contribution in [1.82, 2.24) is 4.31 Å². The summed E-state index contributed by atoms with van der Waals surface area (Å²) in [6, 6.07) is 11.1. The van der Waals surface area contributed by atoms with Gasteiger partial charge in [0.15, 0.2) is 0 Å². The lowest BCUT2D eigenvalue weighted by atomic mass is 10.2. The Hall–Kier alpha value is -2.29. The summed E-state index contributed by atoms with van der Waals surface area (Å²) in [7, 11) is -2.09. The van der Waals surface area contributed by atoms with Crippen LogP contribution in [0, 0.1) is 0 Å². The topological polar surface area (TPSA) is 82.1 Å². The molecule has 0 unspecified atom stereocenters. The summed E-state index contributed by atoms with van der Waals surface area (Å²) in [5.74, 6) is 0.622. The van der Waals surface area contributed by atoms with Gasteiger partial charge in [0.1, 0.15) is 24.7 Å². The Balaban J connectivity index is 1.60. The van der Waals surface area contributed by atoms with E-state index in [0.717, 1.165) is 19.3 Å². The van der Waals surface area contributed by atoms with E-state index in [1.165, 1.54) is 22.5 Å². The third kappa shape index (κ3) is 5.44. The predicted molar refractivity (Wildman–Crippen MR) is 113 cm³/mol. The van der Waals surface area contributed by atoms with Gasteiger partial charge in [-0.25, -0.2) is 13.2 Å². The van der Waals surface area contributed by atoms with Crippen molar-refractivity contribution in [3.8, 4) is 11.5 Å². The molecule has 30 heavy (non-hydrogen) atoms. The van der Waals surface area contributed by atoms with E-state index in [2.05, 4.69) is 0 Å². The zero-order valence-corrected chi connectivity index (χ0v) is 18.2. The van der Waals surface area contributed by atoms with E-state index in [9.17, 15) is 13.2 Å². The molecule has 2 aromatic carbocycles. The van der Waals surface area contributed by atoms with Crippen LogP contribution in [0.5, 0.6) is 11.5 Å². The Morgan fingerprint density at radius 3 is 2.33 bits per heavy atom. The third-order valence-electron chi connectivity index (χ3n) is 4.76. The highest BCUT2D eigenvalue weighted by molar-refractivity contribution is 7.89. The van der Waals surface area contributed by atoms with Crippen LogP contribution in [0.25, 0.3) is 0 Å². The molecular weight excluding hydrogens is 430 g/mol. The van der Waals surface area contributed by atoms with Crippen LogP contribution in [-0.2, 0) is 14.8 Å². The number of methoxy groups -OCH3 is 1. The predicted octanol–water partition coefficient (Wildman–Crippen LogP) is 3.76. The molecule has 1 heterocycles. The first-order chi connectivity index (χ1) is 14.4. The van der Waals surface area contributed by atoms with Crippen molar-refractivity contribution in [2.24, 2.45) is 0 Å². The number of carbonyl (C=O) groups is 1. The number of esters is 1. The van der Waals surface area contributed by atoms with Crippen LogP contribution < -0.4 is 9.47 Å². The lowest BCUT2D eigenvalue weighted by Gasteiger charge is -2.26. The Kier molecular flexibility index (Phi) is 7.58.